The van der Waals surface area contributed by atoms with Crippen LogP contribution in [0.15, 0.2) is 65.6 Å². The monoisotopic (exact) mass is 692 g/mol. The lowest BCUT2D eigenvalue weighted by Crippen LogP contribution is -2.32. The second kappa shape index (κ2) is 13.9. The van der Waals surface area contributed by atoms with E-state index in [1.54, 1.807) is 30.3 Å². The Kier molecular flexibility index (Phi) is 10.3. The largest absolute Gasteiger partial charge is 0.492 e. The molecule has 0 spiro atoms. The van der Waals surface area contributed by atoms with Gasteiger partial charge in [0.1, 0.15) is 12.4 Å². The number of thioether (sulfide) groups is 1. The summed E-state index contributed by atoms with van der Waals surface area (Å²) < 4.78 is 17.9. The molecule has 0 radical (unpaired) electrons. The van der Waals surface area contributed by atoms with Crippen LogP contribution in [0.2, 0.25) is 5.02 Å². The Labute approximate surface area is 255 Å². The highest BCUT2D eigenvalue weighted by atomic mass is 127. The quantitative estimate of drug-likeness (QED) is 0.175. The summed E-state index contributed by atoms with van der Waals surface area (Å²) in [5.41, 5.74) is 2.14. The van der Waals surface area contributed by atoms with Gasteiger partial charge in [-0.1, -0.05) is 35.9 Å². The van der Waals surface area contributed by atoms with Crippen molar-refractivity contribution in [2.75, 3.05) is 31.7 Å². The number of amides is 3. The van der Waals surface area contributed by atoms with E-state index in [-0.39, 0.29) is 36.8 Å². The Morgan fingerprint density at radius 2 is 1.85 bits per heavy atom. The van der Waals surface area contributed by atoms with Crippen LogP contribution in [-0.2, 0) is 9.59 Å². The summed E-state index contributed by atoms with van der Waals surface area (Å²) >= 11 is 9.10. The SMILES string of the molecule is CCOc1cc(/C=C2\SC(=O)N(CCOc3ccccc3)C2=O)cc(I)c1OCC(=O)Nc1ccc(C)c(Cl)c1. The molecule has 3 aromatic carbocycles. The molecule has 0 atom stereocenters. The van der Waals surface area contributed by atoms with E-state index < -0.39 is 0 Å². The van der Waals surface area contributed by atoms with Crippen LogP contribution in [0.25, 0.3) is 6.08 Å². The summed E-state index contributed by atoms with van der Waals surface area (Å²) in [6.45, 7) is 4.17. The van der Waals surface area contributed by atoms with Crippen molar-refractivity contribution in [3.8, 4) is 17.2 Å². The lowest BCUT2D eigenvalue weighted by Gasteiger charge is -2.15. The van der Waals surface area contributed by atoms with Gasteiger partial charge in [-0.2, -0.15) is 0 Å². The lowest BCUT2D eigenvalue weighted by molar-refractivity contribution is -0.123. The van der Waals surface area contributed by atoms with Gasteiger partial charge in [0, 0.05) is 10.7 Å². The number of carbonyl (C=O) groups excluding carboxylic acids is 3. The van der Waals surface area contributed by atoms with E-state index in [0.717, 1.165) is 17.3 Å². The maximum Gasteiger partial charge on any atom is 0.293 e. The summed E-state index contributed by atoms with van der Waals surface area (Å²) in [6.07, 6.45) is 1.64. The van der Waals surface area contributed by atoms with Crippen molar-refractivity contribution in [3.05, 3.63) is 85.3 Å². The van der Waals surface area contributed by atoms with Gasteiger partial charge in [0.25, 0.3) is 17.1 Å². The van der Waals surface area contributed by atoms with Crippen molar-refractivity contribution in [1.82, 2.24) is 4.90 Å². The van der Waals surface area contributed by atoms with Crippen LogP contribution >= 0.6 is 46.0 Å². The smallest absolute Gasteiger partial charge is 0.293 e. The van der Waals surface area contributed by atoms with E-state index in [9.17, 15) is 14.4 Å². The van der Waals surface area contributed by atoms with Crippen molar-refractivity contribution in [2.24, 2.45) is 0 Å². The van der Waals surface area contributed by atoms with Gasteiger partial charge in [-0.05, 0) is 102 Å². The van der Waals surface area contributed by atoms with E-state index in [0.29, 0.717) is 48.6 Å². The van der Waals surface area contributed by atoms with Gasteiger partial charge >= 0.3 is 0 Å². The molecular weight excluding hydrogens is 667 g/mol. The van der Waals surface area contributed by atoms with Gasteiger partial charge in [0.2, 0.25) is 0 Å². The van der Waals surface area contributed by atoms with E-state index in [1.807, 2.05) is 50.2 Å². The zero-order valence-electron chi connectivity index (χ0n) is 21.7. The number of rotatable bonds is 11. The first-order valence-corrected chi connectivity index (χ1v) is 14.6. The predicted octanol–water partition coefficient (Wildman–Crippen LogP) is 6.78. The zero-order chi connectivity index (χ0) is 28.6. The summed E-state index contributed by atoms with van der Waals surface area (Å²) in [4.78, 5) is 39.4. The van der Waals surface area contributed by atoms with E-state index in [1.165, 1.54) is 4.90 Å². The van der Waals surface area contributed by atoms with Crippen molar-refractivity contribution >= 4 is 74.8 Å². The molecule has 0 aliphatic carbocycles. The minimum absolute atomic E-state index is 0.141. The number of aryl methyl sites for hydroxylation is 1. The third-order valence-corrected chi connectivity index (χ3v) is 7.75. The zero-order valence-corrected chi connectivity index (χ0v) is 25.5. The third-order valence-electron chi connectivity index (χ3n) is 5.63. The van der Waals surface area contributed by atoms with Crippen LogP contribution < -0.4 is 19.5 Å². The molecule has 1 N–H and O–H groups in total. The highest BCUT2D eigenvalue weighted by molar-refractivity contribution is 14.1. The lowest BCUT2D eigenvalue weighted by atomic mass is 10.2. The van der Waals surface area contributed by atoms with Gasteiger partial charge in [-0.3, -0.25) is 19.3 Å². The van der Waals surface area contributed by atoms with E-state index in [4.69, 9.17) is 25.8 Å². The summed E-state index contributed by atoms with van der Waals surface area (Å²) in [5, 5.41) is 2.96. The summed E-state index contributed by atoms with van der Waals surface area (Å²) in [6, 6.07) is 18.0. The van der Waals surface area contributed by atoms with Crippen LogP contribution in [0, 0.1) is 10.5 Å². The molecule has 1 aliphatic rings. The van der Waals surface area contributed by atoms with Gasteiger partial charge in [0.15, 0.2) is 18.1 Å². The molecule has 1 fully saturated rings. The predicted molar refractivity (Wildman–Crippen MR) is 165 cm³/mol. The molecule has 3 aromatic rings. The fourth-order valence-electron chi connectivity index (χ4n) is 3.70. The Morgan fingerprint density at radius 1 is 1.07 bits per heavy atom. The fourth-order valence-corrected chi connectivity index (χ4v) is 5.52. The number of anilines is 1. The van der Waals surface area contributed by atoms with Crippen molar-refractivity contribution in [1.29, 1.82) is 0 Å². The van der Waals surface area contributed by atoms with Crippen molar-refractivity contribution < 1.29 is 28.6 Å². The molecule has 40 heavy (non-hydrogen) atoms. The van der Waals surface area contributed by atoms with Crippen LogP contribution in [-0.4, -0.2) is 48.3 Å². The maximum atomic E-state index is 12.9. The molecule has 208 valence electrons. The molecule has 4 rings (SSSR count). The topological polar surface area (TPSA) is 94.2 Å². The second-order valence-electron chi connectivity index (χ2n) is 8.56. The average molecular weight is 693 g/mol. The minimum atomic E-state index is -0.382. The number of halogens is 2. The summed E-state index contributed by atoms with van der Waals surface area (Å²) in [5.74, 6) is 0.757. The number of benzene rings is 3. The number of hydrogen-bond donors (Lipinski definition) is 1. The number of para-hydroxylation sites is 1. The fraction of sp³-hybridized carbons (Fsp3) is 0.207. The average Bonchev–Trinajstić information content (AvgIpc) is 3.18. The van der Waals surface area contributed by atoms with Crippen molar-refractivity contribution in [2.45, 2.75) is 13.8 Å². The molecule has 1 saturated heterocycles. The normalized spacial score (nSPS) is 14.0. The van der Waals surface area contributed by atoms with E-state index in [2.05, 4.69) is 27.9 Å². The molecule has 1 heterocycles. The number of hydrogen-bond acceptors (Lipinski definition) is 7. The molecule has 1 aliphatic heterocycles. The number of ether oxygens (including phenoxy) is 3. The van der Waals surface area contributed by atoms with E-state index >= 15 is 0 Å². The molecule has 8 nitrogen and oxygen atoms in total. The third kappa shape index (κ3) is 7.70. The first-order valence-electron chi connectivity index (χ1n) is 12.3. The number of nitrogens with zero attached hydrogens (tertiary/aromatic N) is 1. The van der Waals surface area contributed by atoms with Crippen LogP contribution in [0.5, 0.6) is 17.2 Å². The van der Waals surface area contributed by atoms with Crippen LogP contribution in [0.4, 0.5) is 10.5 Å². The first kappa shape index (κ1) is 29.8. The van der Waals surface area contributed by atoms with Crippen molar-refractivity contribution in [3.63, 3.8) is 0 Å². The second-order valence-corrected chi connectivity index (χ2v) is 11.1. The Balaban J connectivity index is 1.42. The first-order chi connectivity index (χ1) is 19.2. The van der Waals surface area contributed by atoms with Crippen LogP contribution in [0.1, 0.15) is 18.1 Å². The molecule has 0 saturated carbocycles. The minimum Gasteiger partial charge on any atom is -0.492 e. The standard InChI is InChI=1S/C29H26ClIN2O6S/c1-3-37-24-14-19(13-23(31)27(24)39-17-26(34)32-20-10-9-18(2)22(30)16-20)15-25-28(35)33(29(36)40-25)11-12-38-21-7-5-4-6-8-21/h4-10,13-16H,3,11-12,17H2,1-2H3,(H,32,34)/b25-15-. The highest BCUT2D eigenvalue weighted by Crippen LogP contribution is 2.37. The molecule has 11 heteroatoms. The Hall–Kier alpha value is -3.22. The Morgan fingerprint density at radius 3 is 2.58 bits per heavy atom. The number of carbonyl (C=O) groups is 3. The number of nitrogens with one attached hydrogen (secondary N) is 1. The molecule has 0 aromatic heterocycles. The van der Waals surface area contributed by atoms with Gasteiger partial charge in [-0.15, -0.1) is 0 Å². The van der Waals surface area contributed by atoms with Gasteiger partial charge < -0.3 is 19.5 Å². The van der Waals surface area contributed by atoms with Gasteiger partial charge in [0.05, 0.1) is 21.6 Å². The Bertz CT molecular complexity index is 1450. The molecule has 0 unspecified atom stereocenters. The molecule has 0 bridgehead atoms. The molecular formula is C29H26ClIN2O6S. The van der Waals surface area contributed by atoms with Crippen LogP contribution in [0.3, 0.4) is 0 Å². The number of imide groups is 1. The highest BCUT2D eigenvalue weighted by Gasteiger charge is 2.35. The maximum absolute atomic E-state index is 12.9. The molecule has 3 amide bonds. The summed E-state index contributed by atoms with van der Waals surface area (Å²) in [7, 11) is 0. The van der Waals surface area contributed by atoms with Gasteiger partial charge in [-0.25, -0.2) is 0 Å².